The van der Waals surface area contributed by atoms with E-state index in [1.807, 2.05) is 19.1 Å². The predicted molar refractivity (Wildman–Crippen MR) is 136 cm³/mol. The smallest absolute Gasteiger partial charge is 0.435 e. The molecule has 0 radical (unpaired) electrons. The summed E-state index contributed by atoms with van der Waals surface area (Å²) in [7, 11) is 0. The summed E-state index contributed by atoms with van der Waals surface area (Å²) in [6, 6.07) is 10.6. The first-order valence-electron chi connectivity index (χ1n) is 11.6. The number of aromatic nitrogens is 2. The Morgan fingerprint density at radius 1 is 1.03 bits per heavy atom. The topological polar surface area (TPSA) is 126 Å². The molecule has 2 aromatic carbocycles. The lowest BCUT2D eigenvalue weighted by Gasteiger charge is -2.21. The minimum Gasteiger partial charge on any atom is -0.444 e. The number of hydrogen-bond donors (Lipinski definition) is 1. The van der Waals surface area contributed by atoms with Crippen LogP contribution in [0.2, 0.25) is 0 Å². The Morgan fingerprint density at radius 3 is 2.19 bits per heavy atom. The molecular weight excluding hydrogens is 464 g/mol. The molecule has 10 heteroatoms. The van der Waals surface area contributed by atoms with Gasteiger partial charge in [0.15, 0.2) is 0 Å². The summed E-state index contributed by atoms with van der Waals surface area (Å²) in [5.41, 5.74) is 0.840. The van der Waals surface area contributed by atoms with Crippen LogP contribution < -0.4 is 5.32 Å². The number of hydrogen-bond acceptors (Lipinski definition) is 7. The average molecular weight is 497 g/mol. The maximum atomic E-state index is 12.5. The molecule has 0 spiro atoms. The summed E-state index contributed by atoms with van der Waals surface area (Å²) in [5, 5.41) is 19.1. The molecule has 10 nitrogen and oxygen atoms in total. The van der Waals surface area contributed by atoms with Gasteiger partial charge in [0.1, 0.15) is 11.2 Å². The number of benzene rings is 2. The van der Waals surface area contributed by atoms with Gasteiger partial charge in [-0.05, 0) is 70.7 Å². The monoisotopic (exact) mass is 496 g/mol. The van der Waals surface area contributed by atoms with Crippen LogP contribution in [-0.4, -0.2) is 44.6 Å². The molecule has 0 aliphatic rings. The van der Waals surface area contributed by atoms with E-state index in [4.69, 9.17) is 9.47 Å². The van der Waals surface area contributed by atoms with Crippen molar-refractivity contribution in [2.75, 3.05) is 6.54 Å². The summed E-state index contributed by atoms with van der Waals surface area (Å²) in [4.78, 5) is 36.0. The molecule has 0 aliphatic heterocycles. The minimum atomic E-state index is -0.734. The zero-order valence-corrected chi connectivity index (χ0v) is 21.6. The van der Waals surface area contributed by atoms with Crippen LogP contribution >= 0.6 is 0 Å². The van der Waals surface area contributed by atoms with Crippen molar-refractivity contribution in [1.29, 1.82) is 0 Å². The highest BCUT2D eigenvalue weighted by atomic mass is 16.6. The quantitative estimate of drug-likeness (QED) is 0.338. The van der Waals surface area contributed by atoms with Crippen LogP contribution in [-0.2, 0) is 9.47 Å². The summed E-state index contributed by atoms with van der Waals surface area (Å²) < 4.78 is 11.6. The zero-order chi connectivity index (χ0) is 26.8. The number of amides is 1. The number of fused-ring (bicyclic) bond motifs is 1. The number of alkyl carbamates (subject to hydrolysis) is 1. The lowest BCUT2D eigenvalue weighted by Crippen LogP contribution is -2.34. The number of nitrogens with one attached hydrogen (secondary N) is 1. The van der Waals surface area contributed by atoms with Crippen LogP contribution in [0.5, 0.6) is 0 Å². The molecule has 1 unspecified atom stereocenters. The third-order valence-electron chi connectivity index (χ3n) is 5.22. The van der Waals surface area contributed by atoms with Crippen LogP contribution in [0.15, 0.2) is 42.6 Å². The molecule has 36 heavy (non-hydrogen) atoms. The third-order valence-corrected chi connectivity index (χ3v) is 5.22. The van der Waals surface area contributed by atoms with E-state index in [2.05, 4.69) is 10.4 Å². The SMILES string of the molecule is CC(CNC(=O)OC(C)(C)C)c1ccc(-c2ccc3c(cnn3C(=O)OC(C)(C)C)c2[N+](=O)[O-])cc1. The standard InChI is InChI=1S/C26H32N4O6/c1-16(14-27-23(31)35-25(2,3)4)17-8-10-18(11-9-17)19-12-13-21-20(22(19)30(33)34)15-28-29(21)24(32)36-26(5,6)7/h8-13,15-16H,14H2,1-7H3,(H,27,31). The number of nitrogens with zero attached hydrogens (tertiary/aromatic N) is 3. The second-order valence-corrected chi connectivity index (χ2v) is 10.6. The molecule has 1 N–H and O–H groups in total. The van der Waals surface area contributed by atoms with Gasteiger partial charge < -0.3 is 14.8 Å². The lowest BCUT2D eigenvalue weighted by molar-refractivity contribution is -0.382. The molecule has 0 saturated carbocycles. The Balaban J connectivity index is 1.86. The van der Waals surface area contributed by atoms with Crippen LogP contribution in [0.1, 0.15) is 59.9 Å². The van der Waals surface area contributed by atoms with Crippen LogP contribution in [0, 0.1) is 10.1 Å². The Hall–Kier alpha value is -3.95. The Morgan fingerprint density at radius 2 is 1.64 bits per heavy atom. The van der Waals surface area contributed by atoms with Crippen LogP contribution in [0.3, 0.4) is 0 Å². The zero-order valence-electron chi connectivity index (χ0n) is 21.6. The van der Waals surface area contributed by atoms with Crippen LogP contribution in [0.4, 0.5) is 15.3 Å². The average Bonchev–Trinajstić information content (AvgIpc) is 3.18. The second-order valence-electron chi connectivity index (χ2n) is 10.6. The molecule has 0 saturated heterocycles. The first-order chi connectivity index (χ1) is 16.7. The molecule has 1 aromatic heterocycles. The van der Waals surface area contributed by atoms with Gasteiger partial charge in [0, 0.05) is 6.54 Å². The maximum Gasteiger partial charge on any atom is 0.435 e. The van der Waals surface area contributed by atoms with Crippen LogP contribution in [0.25, 0.3) is 22.0 Å². The van der Waals surface area contributed by atoms with Crippen molar-refractivity contribution in [3.8, 4) is 11.1 Å². The van der Waals surface area contributed by atoms with Gasteiger partial charge in [0.2, 0.25) is 0 Å². The molecule has 1 heterocycles. The summed E-state index contributed by atoms with van der Waals surface area (Å²) in [5.74, 6) is -0.00362. The molecular formula is C26H32N4O6. The summed E-state index contributed by atoms with van der Waals surface area (Å²) in [6.45, 7) is 12.9. The summed E-state index contributed by atoms with van der Waals surface area (Å²) >= 11 is 0. The number of nitro benzene ring substituents is 1. The van der Waals surface area contributed by atoms with Gasteiger partial charge in [-0.15, -0.1) is 0 Å². The number of nitro groups is 1. The maximum absolute atomic E-state index is 12.5. The number of rotatable bonds is 5. The highest BCUT2D eigenvalue weighted by Crippen LogP contribution is 2.37. The fourth-order valence-electron chi connectivity index (χ4n) is 3.63. The van der Waals surface area contributed by atoms with Crippen molar-refractivity contribution in [2.45, 2.75) is 65.6 Å². The molecule has 3 rings (SSSR count). The molecule has 192 valence electrons. The van der Waals surface area contributed by atoms with E-state index in [0.29, 0.717) is 17.7 Å². The Bertz CT molecular complexity index is 1280. The van der Waals surface area contributed by atoms with Gasteiger partial charge in [-0.3, -0.25) is 10.1 Å². The number of ether oxygens (including phenoxy) is 2. The van der Waals surface area contributed by atoms with E-state index in [1.54, 1.807) is 65.8 Å². The molecule has 0 fully saturated rings. The first kappa shape index (κ1) is 26.7. The van der Waals surface area contributed by atoms with Crippen molar-refractivity contribution in [1.82, 2.24) is 15.1 Å². The van der Waals surface area contributed by atoms with Gasteiger partial charge in [0.05, 0.1) is 27.6 Å². The van der Waals surface area contributed by atoms with E-state index in [-0.39, 0.29) is 22.5 Å². The van der Waals surface area contributed by atoms with Crippen molar-refractivity contribution in [2.24, 2.45) is 0 Å². The van der Waals surface area contributed by atoms with E-state index < -0.39 is 28.3 Å². The first-order valence-corrected chi connectivity index (χ1v) is 11.6. The van der Waals surface area contributed by atoms with Gasteiger partial charge >= 0.3 is 12.2 Å². The molecule has 0 bridgehead atoms. The predicted octanol–water partition coefficient (Wildman–Crippen LogP) is 6.02. The Labute approximate surface area is 209 Å². The van der Waals surface area contributed by atoms with Crippen molar-refractivity contribution >= 4 is 28.8 Å². The van der Waals surface area contributed by atoms with Crippen molar-refractivity contribution in [3.05, 3.63) is 58.3 Å². The van der Waals surface area contributed by atoms with Crippen molar-refractivity contribution < 1.29 is 24.0 Å². The van der Waals surface area contributed by atoms with Gasteiger partial charge in [-0.25, -0.2) is 9.59 Å². The molecule has 1 amide bonds. The number of carbonyl (C=O) groups excluding carboxylic acids is 2. The third kappa shape index (κ3) is 6.38. The highest BCUT2D eigenvalue weighted by Gasteiger charge is 2.26. The van der Waals surface area contributed by atoms with E-state index in [9.17, 15) is 19.7 Å². The second kappa shape index (κ2) is 9.96. The summed E-state index contributed by atoms with van der Waals surface area (Å²) in [6.07, 6.45) is 0.111. The number of carbonyl (C=O) groups is 2. The normalized spacial score (nSPS) is 12.8. The van der Waals surface area contributed by atoms with Gasteiger partial charge in [-0.1, -0.05) is 31.2 Å². The minimum absolute atomic E-state index is 0.00362. The Kier molecular flexibility index (Phi) is 7.38. The van der Waals surface area contributed by atoms with Gasteiger partial charge in [0.25, 0.3) is 5.69 Å². The van der Waals surface area contributed by atoms with E-state index in [1.165, 1.54) is 6.20 Å². The molecule has 0 aliphatic carbocycles. The fourth-order valence-corrected chi connectivity index (χ4v) is 3.63. The highest BCUT2D eigenvalue weighted by molar-refractivity contribution is 5.99. The fraction of sp³-hybridized carbons (Fsp3) is 0.423. The lowest BCUT2D eigenvalue weighted by atomic mass is 9.96. The van der Waals surface area contributed by atoms with Crippen molar-refractivity contribution in [3.63, 3.8) is 0 Å². The largest absolute Gasteiger partial charge is 0.444 e. The van der Waals surface area contributed by atoms with E-state index in [0.717, 1.165) is 10.2 Å². The van der Waals surface area contributed by atoms with E-state index >= 15 is 0 Å². The molecule has 1 atom stereocenters. The molecule has 3 aromatic rings. The van der Waals surface area contributed by atoms with Gasteiger partial charge in [-0.2, -0.15) is 9.78 Å².